The first-order chi connectivity index (χ1) is 17.1. The van der Waals surface area contributed by atoms with Gasteiger partial charge in [-0.05, 0) is 47.3 Å². The molecule has 4 aromatic rings. The first-order valence-corrected chi connectivity index (χ1v) is 11.8. The second-order valence-corrected chi connectivity index (χ2v) is 8.79. The van der Waals surface area contributed by atoms with Gasteiger partial charge in [-0.2, -0.15) is 5.10 Å². The van der Waals surface area contributed by atoms with Crippen LogP contribution in [0.2, 0.25) is 0 Å². The number of thiophene rings is 1. The number of amides is 1. The van der Waals surface area contributed by atoms with Crippen molar-refractivity contribution >= 4 is 33.9 Å². The second kappa shape index (κ2) is 9.63. The average molecular weight is 491 g/mol. The van der Waals surface area contributed by atoms with Crippen molar-refractivity contribution in [3.8, 4) is 17.2 Å². The topological polar surface area (TPSA) is 90.6 Å². The minimum atomic E-state index is -0.448. The van der Waals surface area contributed by atoms with E-state index in [9.17, 15) is 9.59 Å². The van der Waals surface area contributed by atoms with Crippen LogP contribution >= 0.6 is 11.3 Å². The Morgan fingerprint density at radius 3 is 2.69 bits per heavy atom. The van der Waals surface area contributed by atoms with Crippen LogP contribution in [0.3, 0.4) is 0 Å². The van der Waals surface area contributed by atoms with E-state index in [-0.39, 0.29) is 18.6 Å². The van der Waals surface area contributed by atoms with Gasteiger partial charge in [0, 0.05) is 23.9 Å². The fourth-order valence-corrected chi connectivity index (χ4v) is 4.71. The van der Waals surface area contributed by atoms with Gasteiger partial charge in [0.2, 0.25) is 0 Å². The lowest BCUT2D eigenvalue weighted by Crippen LogP contribution is -2.31. The van der Waals surface area contributed by atoms with Gasteiger partial charge in [0.05, 0.1) is 30.9 Å². The molecule has 9 heteroatoms. The van der Waals surface area contributed by atoms with Gasteiger partial charge in [0.15, 0.2) is 18.1 Å². The summed E-state index contributed by atoms with van der Waals surface area (Å²) >= 11 is 1.58. The van der Waals surface area contributed by atoms with E-state index in [1.54, 1.807) is 49.8 Å². The number of hydrazone groups is 1. The van der Waals surface area contributed by atoms with E-state index in [1.807, 2.05) is 35.7 Å². The number of nitrogens with zero attached hydrogens (tertiary/aromatic N) is 2. The van der Waals surface area contributed by atoms with E-state index in [0.717, 1.165) is 21.5 Å². The van der Waals surface area contributed by atoms with Crippen LogP contribution in [0.1, 0.15) is 22.9 Å². The maximum absolute atomic E-state index is 13.3. The Hall–Kier alpha value is -4.11. The molecule has 5 rings (SSSR count). The zero-order valence-electron chi connectivity index (χ0n) is 19.1. The predicted molar refractivity (Wildman–Crippen MR) is 133 cm³/mol. The number of hydrogen-bond donors (Lipinski definition) is 0. The van der Waals surface area contributed by atoms with Crippen LogP contribution in [0, 0.1) is 0 Å². The fourth-order valence-electron chi connectivity index (χ4n) is 3.99. The summed E-state index contributed by atoms with van der Waals surface area (Å²) in [6.07, 6.45) is 0.558. The minimum absolute atomic E-state index is 0.229. The highest BCUT2D eigenvalue weighted by atomic mass is 32.1. The van der Waals surface area contributed by atoms with Crippen LogP contribution in [-0.2, 0) is 4.79 Å². The zero-order chi connectivity index (χ0) is 24.4. The second-order valence-electron chi connectivity index (χ2n) is 7.84. The highest BCUT2D eigenvalue weighted by molar-refractivity contribution is 7.12. The normalized spacial score (nSPS) is 15.2. The molecule has 0 radical (unpaired) electrons. The summed E-state index contributed by atoms with van der Waals surface area (Å²) in [5, 5.41) is 8.88. The summed E-state index contributed by atoms with van der Waals surface area (Å²) < 4.78 is 21.8. The molecule has 0 bridgehead atoms. The van der Waals surface area contributed by atoms with E-state index in [0.29, 0.717) is 29.3 Å². The largest absolute Gasteiger partial charge is 0.493 e. The molecular weight excluding hydrogens is 468 g/mol. The summed E-state index contributed by atoms with van der Waals surface area (Å²) in [7, 11) is 3.16. The van der Waals surface area contributed by atoms with Crippen molar-refractivity contribution in [2.45, 2.75) is 12.5 Å². The first kappa shape index (κ1) is 22.7. The van der Waals surface area contributed by atoms with Gasteiger partial charge in [-0.3, -0.25) is 4.79 Å². The Bertz CT molecular complexity index is 1460. The average Bonchev–Trinajstić information content (AvgIpc) is 3.57. The van der Waals surface area contributed by atoms with Crippen molar-refractivity contribution in [3.05, 3.63) is 86.9 Å². The number of fused-ring (bicyclic) bond motifs is 1. The lowest BCUT2D eigenvalue weighted by Gasteiger charge is -2.23. The van der Waals surface area contributed by atoms with E-state index < -0.39 is 5.63 Å². The van der Waals surface area contributed by atoms with Gasteiger partial charge in [0.1, 0.15) is 11.3 Å². The Morgan fingerprint density at radius 1 is 1.09 bits per heavy atom. The monoisotopic (exact) mass is 490 g/mol. The van der Waals surface area contributed by atoms with Crippen LogP contribution in [0.4, 0.5) is 0 Å². The molecule has 8 nitrogen and oxygen atoms in total. The minimum Gasteiger partial charge on any atom is -0.493 e. The Labute approximate surface area is 205 Å². The number of carbonyl (C=O) groups is 1. The molecule has 2 aromatic heterocycles. The lowest BCUT2D eigenvalue weighted by atomic mass is 10.0. The molecule has 35 heavy (non-hydrogen) atoms. The van der Waals surface area contributed by atoms with E-state index in [1.165, 1.54) is 11.1 Å². The third kappa shape index (κ3) is 4.63. The number of carbonyl (C=O) groups excluding carboxylic acids is 1. The molecule has 2 aromatic carbocycles. The zero-order valence-corrected chi connectivity index (χ0v) is 19.9. The SMILES string of the molecule is COc1ccc([C@H]2CC(c3cccs3)=NN2C(=O)COc2ccc3ccc(=O)oc3c2)cc1OC. The number of ether oxygens (including phenoxy) is 3. The maximum Gasteiger partial charge on any atom is 0.336 e. The molecular formula is C26H22N2O6S. The molecule has 1 aliphatic rings. The molecule has 0 fully saturated rings. The van der Waals surface area contributed by atoms with E-state index in [4.69, 9.17) is 18.6 Å². The van der Waals surface area contributed by atoms with Gasteiger partial charge in [-0.15, -0.1) is 11.3 Å². The summed E-state index contributed by atoms with van der Waals surface area (Å²) in [5.74, 6) is 1.31. The summed E-state index contributed by atoms with van der Waals surface area (Å²) in [6.45, 7) is -0.229. The van der Waals surface area contributed by atoms with Crippen molar-refractivity contribution < 1.29 is 23.4 Å². The van der Waals surface area contributed by atoms with Crippen LogP contribution < -0.4 is 19.8 Å². The van der Waals surface area contributed by atoms with E-state index in [2.05, 4.69) is 5.10 Å². The van der Waals surface area contributed by atoms with Gasteiger partial charge in [0.25, 0.3) is 5.91 Å². The molecule has 0 aliphatic carbocycles. The van der Waals surface area contributed by atoms with Crippen molar-refractivity contribution in [2.24, 2.45) is 5.10 Å². The number of benzene rings is 2. The van der Waals surface area contributed by atoms with Crippen LogP contribution in [0.5, 0.6) is 17.2 Å². The summed E-state index contributed by atoms with van der Waals surface area (Å²) in [5.41, 5.74) is 1.65. The van der Waals surface area contributed by atoms with Crippen LogP contribution in [0.25, 0.3) is 11.0 Å². The Kier molecular flexibility index (Phi) is 6.24. The number of hydrogen-bond acceptors (Lipinski definition) is 8. The first-order valence-electron chi connectivity index (χ1n) is 10.9. The van der Waals surface area contributed by atoms with Crippen molar-refractivity contribution in [2.75, 3.05) is 20.8 Å². The van der Waals surface area contributed by atoms with Gasteiger partial charge in [-0.25, -0.2) is 9.80 Å². The number of rotatable bonds is 7. The lowest BCUT2D eigenvalue weighted by molar-refractivity contribution is -0.135. The third-order valence-electron chi connectivity index (χ3n) is 5.72. The van der Waals surface area contributed by atoms with E-state index >= 15 is 0 Å². The van der Waals surface area contributed by atoms with Gasteiger partial charge >= 0.3 is 5.63 Å². The van der Waals surface area contributed by atoms with Crippen molar-refractivity contribution in [1.29, 1.82) is 0 Å². The Morgan fingerprint density at radius 2 is 1.91 bits per heavy atom. The molecule has 1 amide bonds. The molecule has 0 saturated carbocycles. The molecule has 1 atom stereocenters. The quantitative estimate of drug-likeness (QED) is 0.351. The standard InChI is InChI=1S/C26H22N2O6S/c1-31-21-9-6-17(12-23(21)32-2)20-14-19(24-4-3-11-35-24)27-28(20)25(29)15-33-18-8-5-16-7-10-26(30)34-22(16)13-18/h3-13,20H,14-15H2,1-2H3/t20-/m1/s1. The van der Waals surface area contributed by atoms with Crippen molar-refractivity contribution in [3.63, 3.8) is 0 Å². The van der Waals surface area contributed by atoms with Gasteiger partial charge < -0.3 is 18.6 Å². The highest BCUT2D eigenvalue weighted by Gasteiger charge is 2.34. The molecule has 1 aliphatic heterocycles. The molecule has 0 saturated heterocycles. The fraction of sp³-hybridized carbons (Fsp3) is 0.192. The van der Waals surface area contributed by atoms with Crippen molar-refractivity contribution in [1.82, 2.24) is 5.01 Å². The highest BCUT2D eigenvalue weighted by Crippen LogP contribution is 2.38. The molecule has 3 heterocycles. The Balaban J connectivity index is 1.40. The van der Waals surface area contributed by atoms with Crippen LogP contribution in [-0.4, -0.2) is 37.5 Å². The maximum atomic E-state index is 13.3. The van der Waals surface area contributed by atoms with Gasteiger partial charge in [-0.1, -0.05) is 12.1 Å². The summed E-state index contributed by atoms with van der Waals surface area (Å²) in [4.78, 5) is 25.8. The smallest absolute Gasteiger partial charge is 0.336 e. The third-order valence-corrected chi connectivity index (χ3v) is 6.64. The molecule has 178 valence electrons. The molecule has 0 unspecified atom stereocenters. The van der Waals surface area contributed by atoms with Crippen LogP contribution in [0.15, 0.2) is 80.4 Å². The number of methoxy groups -OCH3 is 2. The summed E-state index contributed by atoms with van der Waals surface area (Å²) in [6, 6.07) is 17.3. The molecule has 0 spiro atoms. The molecule has 0 N–H and O–H groups in total. The predicted octanol–water partition coefficient (Wildman–Crippen LogP) is 4.63.